The van der Waals surface area contributed by atoms with Crippen molar-refractivity contribution in [2.75, 3.05) is 0 Å². The van der Waals surface area contributed by atoms with Gasteiger partial charge in [0, 0.05) is 5.39 Å². The zero-order valence-corrected chi connectivity index (χ0v) is 12.1. The molecular weight excluding hydrogens is 266 g/mol. The van der Waals surface area contributed by atoms with Crippen LogP contribution in [0, 0.1) is 20.8 Å². The zero-order chi connectivity index (χ0) is 15.1. The average Bonchev–Trinajstić information content (AvgIpc) is 2.88. The summed E-state index contributed by atoms with van der Waals surface area (Å²) in [5, 5.41) is 10.1. The highest BCUT2D eigenvalue weighted by Gasteiger charge is 2.16. The quantitative estimate of drug-likeness (QED) is 0.767. The first-order valence-electron chi connectivity index (χ1n) is 6.68. The van der Waals surface area contributed by atoms with E-state index in [0.29, 0.717) is 22.4 Å². The van der Waals surface area contributed by atoms with E-state index in [0.717, 1.165) is 16.9 Å². The molecule has 1 N–H and O–H groups in total. The van der Waals surface area contributed by atoms with Crippen molar-refractivity contribution in [1.29, 1.82) is 0 Å². The zero-order valence-electron chi connectivity index (χ0n) is 12.1. The van der Waals surface area contributed by atoms with Crippen LogP contribution >= 0.6 is 0 Å². The molecule has 0 saturated carbocycles. The third kappa shape index (κ3) is 2.18. The molecule has 106 valence electrons. The molecule has 0 bridgehead atoms. The van der Waals surface area contributed by atoms with E-state index >= 15 is 0 Å². The first kappa shape index (κ1) is 13.4. The molecule has 4 nitrogen and oxygen atoms in total. The summed E-state index contributed by atoms with van der Waals surface area (Å²) in [4.78, 5) is 16.1. The van der Waals surface area contributed by atoms with Gasteiger partial charge in [-0.2, -0.15) is 0 Å². The van der Waals surface area contributed by atoms with E-state index in [1.54, 1.807) is 12.1 Å². The summed E-state index contributed by atoms with van der Waals surface area (Å²) >= 11 is 0. The Labute approximate surface area is 122 Å². The number of benzene rings is 1. The first-order valence-corrected chi connectivity index (χ1v) is 6.68. The van der Waals surface area contributed by atoms with E-state index in [1.165, 1.54) is 0 Å². The predicted molar refractivity (Wildman–Crippen MR) is 80.6 cm³/mol. The molecule has 0 saturated heterocycles. The molecule has 0 unspecified atom stereocenters. The van der Waals surface area contributed by atoms with Crippen molar-refractivity contribution in [2.45, 2.75) is 20.8 Å². The Morgan fingerprint density at radius 2 is 1.90 bits per heavy atom. The predicted octanol–water partition coefficient (Wildman–Crippen LogP) is 4.12. The molecule has 0 aliphatic heterocycles. The molecule has 3 rings (SSSR count). The molecule has 0 spiro atoms. The highest BCUT2D eigenvalue weighted by atomic mass is 16.4. The Morgan fingerprint density at radius 1 is 1.14 bits per heavy atom. The molecule has 0 atom stereocenters. The second-order valence-electron chi connectivity index (χ2n) is 5.17. The third-order valence-electron chi connectivity index (χ3n) is 3.73. The lowest BCUT2D eigenvalue weighted by molar-refractivity contribution is 0.0699. The fourth-order valence-electron chi connectivity index (χ4n) is 2.41. The van der Waals surface area contributed by atoms with Gasteiger partial charge in [0.1, 0.15) is 11.5 Å². The van der Waals surface area contributed by atoms with Gasteiger partial charge in [-0.25, -0.2) is 9.78 Å². The molecule has 0 aliphatic carbocycles. The number of carboxylic acid groups (broad SMARTS) is 1. The van der Waals surface area contributed by atoms with Gasteiger partial charge in [-0.05, 0) is 50.1 Å². The van der Waals surface area contributed by atoms with Gasteiger partial charge in [0.05, 0.1) is 11.1 Å². The minimum absolute atomic E-state index is 0.243. The molecule has 21 heavy (non-hydrogen) atoms. The van der Waals surface area contributed by atoms with Crippen molar-refractivity contribution in [3.05, 3.63) is 52.8 Å². The topological polar surface area (TPSA) is 63.3 Å². The summed E-state index contributed by atoms with van der Waals surface area (Å²) in [5.74, 6) is 0.387. The van der Waals surface area contributed by atoms with Crippen LogP contribution < -0.4 is 0 Å². The van der Waals surface area contributed by atoms with Crippen LogP contribution in [-0.2, 0) is 0 Å². The summed E-state index contributed by atoms with van der Waals surface area (Å²) in [6, 6.07) is 8.94. The maximum absolute atomic E-state index is 11.5. The molecule has 2 aromatic heterocycles. The highest BCUT2D eigenvalue weighted by molar-refractivity contribution is 6.04. The molecule has 0 amide bonds. The molecule has 0 aliphatic rings. The number of hydrogen-bond acceptors (Lipinski definition) is 3. The number of pyridine rings is 1. The van der Waals surface area contributed by atoms with E-state index < -0.39 is 5.97 Å². The molecule has 0 radical (unpaired) electrons. The van der Waals surface area contributed by atoms with Gasteiger partial charge in [0.2, 0.25) is 0 Å². The maximum Gasteiger partial charge on any atom is 0.336 e. The van der Waals surface area contributed by atoms with Gasteiger partial charge in [0.25, 0.3) is 0 Å². The maximum atomic E-state index is 11.5. The van der Waals surface area contributed by atoms with E-state index in [4.69, 9.17) is 4.42 Å². The monoisotopic (exact) mass is 281 g/mol. The summed E-state index contributed by atoms with van der Waals surface area (Å²) in [6.07, 6.45) is 0. The summed E-state index contributed by atoms with van der Waals surface area (Å²) in [5.41, 5.74) is 3.56. The number of aromatic carboxylic acids is 1. The number of carbonyl (C=O) groups is 1. The second-order valence-corrected chi connectivity index (χ2v) is 5.17. The van der Waals surface area contributed by atoms with Crippen LogP contribution in [0.5, 0.6) is 0 Å². The fourth-order valence-corrected chi connectivity index (χ4v) is 2.41. The van der Waals surface area contributed by atoms with Crippen LogP contribution in [0.2, 0.25) is 0 Å². The molecule has 1 aromatic carbocycles. The number of rotatable bonds is 2. The lowest BCUT2D eigenvalue weighted by Crippen LogP contribution is -2.01. The number of fused-ring (bicyclic) bond motifs is 1. The lowest BCUT2D eigenvalue weighted by atomic mass is 10.0. The van der Waals surface area contributed by atoms with Gasteiger partial charge >= 0.3 is 5.97 Å². The van der Waals surface area contributed by atoms with Crippen molar-refractivity contribution in [1.82, 2.24) is 4.98 Å². The van der Waals surface area contributed by atoms with Crippen molar-refractivity contribution in [2.24, 2.45) is 0 Å². The number of furan rings is 1. The molecule has 4 heteroatoms. The number of hydrogen-bond donors (Lipinski definition) is 1. The van der Waals surface area contributed by atoms with Gasteiger partial charge < -0.3 is 9.52 Å². The van der Waals surface area contributed by atoms with Crippen molar-refractivity contribution >= 4 is 16.9 Å². The Balaban J connectivity index is 2.38. The van der Waals surface area contributed by atoms with Crippen LogP contribution in [0.4, 0.5) is 0 Å². The van der Waals surface area contributed by atoms with Crippen LogP contribution in [-0.4, -0.2) is 16.1 Å². The Hall–Kier alpha value is -2.62. The number of nitrogens with zero attached hydrogens (tertiary/aromatic N) is 1. The van der Waals surface area contributed by atoms with Crippen molar-refractivity contribution < 1.29 is 14.3 Å². The Kier molecular flexibility index (Phi) is 3.01. The number of carboxylic acids is 1. The first-order chi connectivity index (χ1) is 9.97. The number of aromatic nitrogens is 1. The van der Waals surface area contributed by atoms with E-state index in [9.17, 15) is 9.90 Å². The number of aryl methyl sites for hydroxylation is 3. The average molecular weight is 281 g/mol. The lowest BCUT2D eigenvalue weighted by Gasteiger charge is -2.09. The summed E-state index contributed by atoms with van der Waals surface area (Å²) in [6.45, 7) is 5.78. The molecule has 2 heterocycles. The summed E-state index contributed by atoms with van der Waals surface area (Å²) in [7, 11) is 0. The van der Waals surface area contributed by atoms with Crippen LogP contribution in [0.1, 0.15) is 27.2 Å². The van der Waals surface area contributed by atoms with E-state index in [1.807, 2.05) is 39.0 Å². The van der Waals surface area contributed by atoms with E-state index in [2.05, 4.69) is 4.98 Å². The standard InChI is InChI=1S/C17H15NO3/c1-9-4-6-12-13(17(19)20)8-14(18-16(12)11(9)3)15-7-5-10(2)21-15/h4-8H,1-3H3,(H,19,20). The SMILES string of the molecule is Cc1ccc(-c2cc(C(=O)O)c3ccc(C)c(C)c3n2)o1. The van der Waals surface area contributed by atoms with Crippen LogP contribution in [0.15, 0.2) is 34.7 Å². The van der Waals surface area contributed by atoms with Crippen LogP contribution in [0.3, 0.4) is 0 Å². The molecule has 3 aromatic rings. The second kappa shape index (κ2) is 4.74. The minimum Gasteiger partial charge on any atom is -0.478 e. The highest BCUT2D eigenvalue weighted by Crippen LogP contribution is 2.29. The van der Waals surface area contributed by atoms with Gasteiger partial charge in [-0.15, -0.1) is 0 Å². The Morgan fingerprint density at radius 3 is 2.52 bits per heavy atom. The van der Waals surface area contributed by atoms with Gasteiger partial charge in [0.15, 0.2) is 5.76 Å². The van der Waals surface area contributed by atoms with Crippen molar-refractivity contribution in [3.63, 3.8) is 0 Å². The smallest absolute Gasteiger partial charge is 0.336 e. The van der Waals surface area contributed by atoms with Gasteiger partial charge in [-0.1, -0.05) is 12.1 Å². The third-order valence-corrected chi connectivity index (χ3v) is 3.73. The van der Waals surface area contributed by atoms with E-state index in [-0.39, 0.29) is 5.56 Å². The summed E-state index contributed by atoms with van der Waals surface area (Å²) < 4.78 is 5.57. The Bertz CT molecular complexity index is 862. The fraction of sp³-hybridized carbons (Fsp3) is 0.176. The van der Waals surface area contributed by atoms with Crippen LogP contribution in [0.25, 0.3) is 22.4 Å². The molecule has 0 fully saturated rings. The van der Waals surface area contributed by atoms with Gasteiger partial charge in [-0.3, -0.25) is 0 Å². The molecular formula is C17H15NO3. The normalized spacial score (nSPS) is 11.0. The minimum atomic E-state index is -0.963. The van der Waals surface area contributed by atoms with Crippen molar-refractivity contribution in [3.8, 4) is 11.5 Å². The largest absolute Gasteiger partial charge is 0.478 e.